The van der Waals surface area contributed by atoms with Crippen molar-refractivity contribution in [2.45, 2.75) is 59.6 Å². The van der Waals surface area contributed by atoms with Gasteiger partial charge in [-0.15, -0.1) is 0 Å². The predicted octanol–water partition coefficient (Wildman–Crippen LogP) is 4.51. The zero-order valence-corrected chi connectivity index (χ0v) is 23.6. The summed E-state index contributed by atoms with van der Waals surface area (Å²) in [6, 6.07) is 5.43. The number of carbonyl (C=O) groups excluding carboxylic acids is 3. The van der Waals surface area contributed by atoms with Crippen LogP contribution in [-0.4, -0.2) is 66.6 Å². The first kappa shape index (κ1) is 31.6. The predicted molar refractivity (Wildman–Crippen MR) is 147 cm³/mol. The van der Waals surface area contributed by atoms with Crippen LogP contribution < -0.4 is 4.74 Å². The van der Waals surface area contributed by atoms with Gasteiger partial charge in [-0.2, -0.15) is 0 Å². The summed E-state index contributed by atoms with van der Waals surface area (Å²) in [6.45, 7) is 16.8. The molecule has 214 valence electrons. The highest BCUT2D eigenvalue weighted by atomic mass is 16.7. The van der Waals surface area contributed by atoms with Crippen LogP contribution in [0.3, 0.4) is 0 Å². The average Bonchev–Trinajstić information content (AvgIpc) is 3.17. The summed E-state index contributed by atoms with van der Waals surface area (Å²) in [5.74, 6) is -1.18. The normalized spacial score (nSPS) is 20.1. The minimum absolute atomic E-state index is 0.000286. The highest BCUT2D eigenvalue weighted by Crippen LogP contribution is 2.48. The molecular weight excluding hydrogens is 502 g/mol. The quantitative estimate of drug-likeness (QED) is 0.220. The minimum Gasteiger partial charge on any atom is -0.489 e. The summed E-state index contributed by atoms with van der Waals surface area (Å²) >= 11 is 0. The van der Waals surface area contributed by atoms with Crippen LogP contribution in [0.4, 0.5) is 4.79 Å². The van der Waals surface area contributed by atoms with E-state index in [2.05, 4.69) is 13.2 Å². The van der Waals surface area contributed by atoms with Gasteiger partial charge in [-0.25, -0.2) is 9.59 Å². The average molecular weight is 544 g/mol. The summed E-state index contributed by atoms with van der Waals surface area (Å²) in [7, 11) is 0. The molecule has 9 nitrogen and oxygen atoms in total. The number of hydrogen-bond donors (Lipinski definition) is 1. The Morgan fingerprint density at radius 2 is 1.82 bits per heavy atom. The van der Waals surface area contributed by atoms with Gasteiger partial charge in [0, 0.05) is 18.1 Å². The number of β-lactam (4-membered cyclic amide) rings is 1. The van der Waals surface area contributed by atoms with Gasteiger partial charge in [0.2, 0.25) is 5.91 Å². The molecule has 1 aromatic rings. The number of esters is 1. The Kier molecular flexibility index (Phi) is 12.3. The fourth-order valence-corrected chi connectivity index (χ4v) is 4.87. The van der Waals surface area contributed by atoms with Crippen LogP contribution in [0.2, 0.25) is 0 Å². The molecule has 3 rings (SSSR count). The van der Waals surface area contributed by atoms with E-state index in [0.717, 1.165) is 17.5 Å². The lowest BCUT2D eigenvalue weighted by Gasteiger charge is -2.47. The van der Waals surface area contributed by atoms with E-state index in [1.165, 1.54) is 17.1 Å². The first-order chi connectivity index (χ1) is 18.7. The SMILES string of the molecule is C=CCOC(=O)OC(C)C1C(=O)N2C(C(=O)OCC=C)=C(COc3ccc(CCCO)cc3C)C(C)C12.CC. The maximum absolute atomic E-state index is 13.2. The summed E-state index contributed by atoms with van der Waals surface area (Å²) < 4.78 is 21.6. The van der Waals surface area contributed by atoms with Crippen molar-refractivity contribution in [3.63, 3.8) is 0 Å². The van der Waals surface area contributed by atoms with E-state index >= 15 is 0 Å². The molecule has 4 atom stereocenters. The zero-order valence-electron chi connectivity index (χ0n) is 23.6. The maximum atomic E-state index is 13.2. The molecular formula is C30H41NO8. The van der Waals surface area contributed by atoms with Crippen LogP contribution in [0.5, 0.6) is 5.75 Å². The molecule has 0 aliphatic carbocycles. The number of amides is 1. The van der Waals surface area contributed by atoms with Crippen molar-refractivity contribution in [1.82, 2.24) is 4.90 Å². The molecule has 2 aliphatic heterocycles. The van der Waals surface area contributed by atoms with Crippen LogP contribution in [-0.2, 0) is 30.2 Å². The van der Waals surface area contributed by atoms with Gasteiger partial charge in [0.05, 0.1) is 12.0 Å². The Morgan fingerprint density at radius 3 is 2.44 bits per heavy atom. The lowest BCUT2D eigenvalue weighted by molar-refractivity contribution is -0.164. The molecule has 0 bridgehead atoms. The van der Waals surface area contributed by atoms with E-state index in [1.54, 1.807) is 6.92 Å². The summed E-state index contributed by atoms with van der Waals surface area (Å²) in [5.41, 5.74) is 2.83. The van der Waals surface area contributed by atoms with Crippen molar-refractivity contribution in [1.29, 1.82) is 0 Å². The summed E-state index contributed by atoms with van der Waals surface area (Å²) in [6.07, 6.45) is 2.68. The molecule has 0 saturated carbocycles. The highest BCUT2D eigenvalue weighted by Gasteiger charge is 2.61. The lowest BCUT2D eigenvalue weighted by atomic mass is 9.77. The first-order valence-electron chi connectivity index (χ1n) is 13.4. The van der Waals surface area contributed by atoms with Crippen molar-refractivity contribution in [2.24, 2.45) is 11.8 Å². The molecule has 0 aromatic heterocycles. The number of hydrogen-bond acceptors (Lipinski definition) is 8. The fraction of sp³-hybridized carbons (Fsp3) is 0.500. The van der Waals surface area contributed by atoms with Gasteiger partial charge in [-0.1, -0.05) is 58.2 Å². The Balaban J connectivity index is 0.00000260. The highest BCUT2D eigenvalue weighted by molar-refractivity contribution is 6.01. The molecule has 0 radical (unpaired) electrons. The molecule has 0 spiro atoms. The number of ether oxygens (including phenoxy) is 4. The molecule has 1 amide bonds. The fourth-order valence-electron chi connectivity index (χ4n) is 4.87. The second kappa shape index (κ2) is 15.1. The number of carbonyl (C=O) groups is 3. The molecule has 2 heterocycles. The van der Waals surface area contributed by atoms with Crippen LogP contribution in [0.25, 0.3) is 0 Å². The minimum atomic E-state index is -0.885. The van der Waals surface area contributed by atoms with Crippen LogP contribution in [0.15, 0.2) is 54.8 Å². The third-order valence-corrected chi connectivity index (χ3v) is 6.67. The number of aryl methyl sites for hydroxylation is 2. The Hall–Kier alpha value is -3.59. The van der Waals surface area contributed by atoms with Gasteiger partial charge < -0.3 is 29.0 Å². The van der Waals surface area contributed by atoms with E-state index in [0.29, 0.717) is 17.7 Å². The van der Waals surface area contributed by atoms with E-state index < -0.39 is 24.1 Å². The van der Waals surface area contributed by atoms with Gasteiger partial charge >= 0.3 is 12.1 Å². The molecule has 2 aliphatic rings. The first-order valence-corrected chi connectivity index (χ1v) is 13.4. The third-order valence-electron chi connectivity index (χ3n) is 6.67. The van der Waals surface area contributed by atoms with Gasteiger partial charge in [-0.05, 0) is 43.9 Å². The van der Waals surface area contributed by atoms with Crippen LogP contribution >= 0.6 is 0 Å². The Bertz CT molecular complexity index is 1080. The summed E-state index contributed by atoms with van der Waals surface area (Å²) in [4.78, 5) is 39.5. The number of rotatable bonds is 13. The van der Waals surface area contributed by atoms with Crippen LogP contribution in [0.1, 0.15) is 45.2 Å². The Labute approximate surface area is 231 Å². The molecule has 4 unspecified atom stereocenters. The summed E-state index contributed by atoms with van der Waals surface area (Å²) in [5, 5.41) is 9.07. The van der Waals surface area contributed by atoms with Crippen molar-refractivity contribution < 1.29 is 38.4 Å². The monoisotopic (exact) mass is 543 g/mol. The molecule has 1 fully saturated rings. The largest absolute Gasteiger partial charge is 0.508 e. The van der Waals surface area contributed by atoms with E-state index in [4.69, 9.17) is 24.1 Å². The molecule has 39 heavy (non-hydrogen) atoms. The lowest BCUT2D eigenvalue weighted by Crippen LogP contribution is -2.64. The molecule has 1 aromatic carbocycles. The number of aliphatic hydroxyl groups is 1. The van der Waals surface area contributed by atoms with Crippen molar-refractivity contribution in [3.05, 3.63) is 65.9 Å². The molecule has 1 N–H and O–H groups in total. The topological polar surface area (TPSA) is 112 Å². The third kappa shape index (κ3) is 7.29. The number of fused-ring (bicyclic) bond motifs is 1. The molecule has 9 heteroatoms. The standard InChI is InChI=1S/C28H35NO8.C2H6/c1-6-13-34-27(32)25-21(16-36-22-11-10-20(9-8-12-30)15-17(22)3)18(4)24-23(26(31)29(24)25)19(5)37-28(33)35-14-7-2;1-2/h6-7,10-11,15,18-19,23-24,30H,1-2,8-9,12-14,16H2,3-5H3;1-2H3. The van der Waals surface area contributed by atoms with E-state index in [1.807, 2.05) is 45.9 Å². The van der Waals surface area contributed by atoms with Crippen LogP contribution in [0, 0.1) is 18.8 Å². The number of aliphatic hydroxyl groups excluding tert-OH is 1. The van der Waals surface area contributed by atoms with E-state index in [9.17, 15) is 14.4 Å². The number of benzene rings is 1. The second-order valence-corrected chi connectivity index (χ2v) is 9.16. The van der Waals surface area contributed by atoms with Gasteiger partial charge in [-0.3, -0.25) is 4.79 Å². The van der Waals surface area contributed by atoms with Crippen molar-refractivity contribution in [2.75, 3.05) is 26.4 Å². The van der Waals surface area contributed by atoms with Crippen molar-refractivity contribution in [3.8, 4) is 5.75 Å². The van der Waals surface area contributed by atoms with E-state index in [-0.39, 0.29) is 50.0 Å². The second-order valence-electron chi connectivity index (χ2n) is 9.16. The zero-order chi connectivity index (χ0) is 29.1. The maximum Gasteiger partial charge on any atom is 0.508 e. The van der Waals surface area contributed by atoms with Gasteiger partial charge in [0.25, 0.3) is 0 Å². The Morgan fingerprint density at radius 1 is 1.15 bits per heavy atom. The van der Waals surface area contributed by atoms with Crippen molar-refractivity contribution >= 4 is 18.0 Å². The number of nitrogens with zero attached hydrogens (tertiary/aromatic N) is 1. The molecule has 1 saturated heterocycles. The van der Waals surface area contributed by atoms with Gasteiger partial charge in [0.1, 0.15) is 37.4 Å². The van der Waals surface area contributed by atoms with Gasteiger partial charge in [0.15, 0.2) is 0 Å². The smallest absolute Gasteiger partial charge is 0.489 e.